The Balaban J connectivity index is 1.26. The van der Waals surface area contributed by atoms with Crippen LogP contribution in [-0.4, -0.2) is 63.5 Å². The predicted octanol–water partition coefficient (Wildman–Crippen LogP) is 3.72. The highest BCUT2D eigenvalue weighted by molar-refractivity contribution is 6.30. The summed E-state index contributed by atoms with van der Waals surface area (Å²) in [6, 6.07) is 7.98. The van der Waals surface area contributed by atoms with Gasteiger partial charge in [0.25, 0.3) is 5.91 Å². The maximum Gasteiger partial charge on any atom is 0.294 e. The monoisotopic (exact) mass is 579 g/mol. The second-order valence-corrected chi connectivity index (χ2v) is 10.4. The number of aromatic nitrogens is 3. The van der Waals surface area contributed by atoms with E-state index in [-0.39, 0.29) is 64.6 Å². The minimum Gasteiger partial charge on any atom is -0.447 e. The topological polar surface area (TPSA) is 179 Å². The molecule has 6 rings (SSSR count). The Morgan fingerprint density at radius 3 is 2.63 bits per heavy atom. The lowest BCUT2D eigenvalue weighted by atomic mass is 9.84. The van der Waals surface area contributed by atoms with Gasteiger partial charge in [-0.3, -0.25) is 14.4 Å². The first-order chi connectivity index (χ1) is 19.9. The van der Waals surface area contributed by atoms with Gasteiger partial charge in [-0.1, -0.05) is 16.8 Å². The van der Waals surface area contributed by atoms with Crippen LogP contribution in [0.5, 0.6) is 0 Å². The van der Waals surface area contributed by atoms with Crippen molar-refractivity contribution >= 4 is 57.7 Å². The molecule has 4 aromatic rings. The van der Waals surface area contributed by atoms with Crippen LogP contribution in [0.25, 0.3) is 22.6 Å². The average Bonchev–Trinajstić information content (AvgIpc) is 3.58. The van der Waals surface area contributed by atoms with Crippen LogP contribution in [0, 0.1) is 5.92 Å². The van der Waals surface area contributed by atoms with E-state index < -0.39 is 5.91 Å². The summed E-state index contributed by atoms with van der Waals surface area (Å²) in [4.78, 5) is 49.6. The van der Waals surface area contributed by atoms with Crippen molar-refractivity contribution < 1.29 is 28.1 Å². The number of ether oxygens (including phenoxy) is 1. The molecule has 1 saturated carbocycles. The van der Waals surface area contributed by atoms with Gasteiger partial charge in [-0.05, 0) is 49.9 Å². The molecule has 41 heavy (non-hydrogen) atoms. The smallest absolute Gasteiger partial charge is 0.294 e. The van der Waals surface area contributed by atoms with Crippen molar-refractivity contribution in [3.8, 4) is 11.5 Å². The summed E-state index contributed by atoms with van der Waals surface area (Å²) < 4.78 is 16.4. The fraction of sp³-hybridized carbons (Fsp3) is 0.333. The summed E-state index contributed by atoms with van der Waals surface area (Å²) in [6.45, 7) is 1.18. The van der Waals surface area contributed by atoms with E-state index in [0.29, 0.717) is 55.3 Å². The first-order valence-electron chi connectivity index (χ1n) is 13.1. The molecule has 3 amide bonds. The van der Waals surface area contributed by atoms with E-state index in [1.807, 2.05) is 4.90 Å². The van der Waals surface area contributed by atoms with Gasteiger partial charge in [0, 0.05) is 30.8 Å². The lowest BCUT2D eigenvalue weighted by molar-refractivity contribution is -0.146. The number of rotatable bonds is 6. The van der Waals surface area contributed by atoms with Crippen molar-refractivity contribution in [3.63, 3.8) is 0 Å². The van der Waals surface area contributed by atoms with Gasteiger partial charge in [0.05, 0.1) is 11.6 Å². The molecule has 13 nitrogen and oxygen atoms in total. The molecule has 1 aliphatic heterocycles. The molecule has 0 atom stereocenters. The maximum atomic E-state index is 13.5. The molecular weight excluding hydrogens is 554 g/mol. The molecule has 0 spiro atoms. The molecule has 2 aliphatic rings. The number of nitrogens with two attached hydrogens (primary N) is 1. The Bertz CT molecular complexity index is 1610. The molecule has 4 N–H and O–H groups in total. The van der Waals surface area contributed by atoms with Gasteiger partial charge < -0.3 is 34.9 Å². The van der Waals surface area contributed by atoms with Gasteiger partial charge in [-0.25, -0.2) is 9.97 Å². The summed E-state index contributed by atoms with van der Waals surface area (Å²) in [6.07, 6.45) is 3.96. The molecule has 212 valence electrons. The maximum absolute atomic E-state index is 13.5. The van der Waals surface area contributed by atoms with Crippen LogP contribution in [0.4, 0.5) is 17.3 Å². The van der Waals surface area contributed by atoms with E-state index in [1.54, 1.807) is 24.3 Å². The summed E-state index contributed by atoms with van der Waals surface area (Å²) >= 11 is 5.91. The number of nitrogens with zero attached hydrogens (tertiary/aromatic N) is 4. The summed E-state index contributed by atoms with van der Waals surface area (Å²) in [7, 11) is 0. The number of amides is 3. The summed E-state index contributed by atoms with van der Waals surface area (Å²) in [5.74, 6) is -0.628. The number of nitrogens with one attached hydrogen (secondary N) is 2. The van der Waals surface area contributed by atoms with Crippen LogP contribution in [-0.2, 0) is 14.3 Å². The Morgan fingerprint density at radius 1 is 1.10 bits per heavy atom. The normalized spacial score (nSPS) is 19.3. The molecule has 14 heteroatoms. The number of pyridine rings is 2. The van der Waals surface area contributed by atoms with Crippen LogP contribution < -0.4 is 16.4 Å². The van der Waals surface area contributed by atoms with Crippen LogP contribution in [0.1, 0.15) is 36.2 Å². The number of halogens is 1. The van der Waals surface area contributed by atoms with E-state index in [0.717, 1.165) is 0 Å². The highest BCUT2D eigenvalue weighted by Gasteiger charge is 2.34. The molecular formula is C27H26ClN7O6. The number of furan rings is 1. The molecule has 5 heterocycles. The minimum atomic E-state index is -0.631. The number of carbonyl (C=O) groups excluding carboxylic acids is 3. The number of nitrogen functional groups attached to an aromatic ring is 1. The molecule has 4 aromatic heterocycles. The van der Waals surface area contributed by atoms with Crippen molar-refractivity contribution in [2.45, 2.75) is 31.7 Å². The minimum absolute atomic E-state index is 0.0183. The first kappa shape index (κ1) is 26.7. The van der Waals surface area contributed by atoms with Crippen molar-refractivity contribution in [3.05, 3.63) is 47.3 Å². The third-order valence-corrected chi connectivity index (χ3v) is 7.49. The number of anilines is 3. The van der Waals surface area contributed by atoms with E-state index >= 15 is 0 Å². The molecule has 0 unspecified atom stereocenters. The Hall–Kier alpha value is -4.49. The average molecular weight is 580 g/mol. The van der Waals surface area contributed by atoms with E-state index in [2.05, 4.69) is 25.8 Å². The zero-order valence-corrected chi connectivity index (χ0v) is 22.5. The number of morpholine rings is 1. The standard InChI is InChI=1S/C27H26ClN7O6/c28-15-3-8-21(30-12-15)32-27(38)25-24(23-18(40-25)7-6-17(31-23)19-11-20(29)34-41-19)33-26(37)14-1-4-16(5-2-14)35-9-10-39-13-22(35)36/h3,6-8,11-12,14,16H,1-2,4-5,9-10,13H2,(H2,29,34)(H,33,37)(H,30,32,38)/t14-,16-. The van der Waals surface area contributed by atoms with E-state index in [9.17, 15) is 14.4 Å². The van der Waals surface area contributed by atoms with Gasteiger partial charge in [-0.15, -0.1) is 0 Å². The number of hydrogen-bond acceptors (Lipinski definition) is 10. The van der Waals surface area contributed by atoms with Gasteiger partial charge in [0.15, 0.2) is 17.2 Å². The molecule has 1 aliphatic carbocycles. The van der Waals surface area contributed by atoms with Gasteiger partial charge in [0.1, 0.15) is 29.3 Å². The second-order valence-electron chi connectivity index (χ2n) is 9.92. The number of hydrogen-bond donors (Lipinski definition) is 3. The SMILES string of the molecule is Nc1cc(-c2ccc3oc(C(=O)Nc4ccc(Cl)cn4)c(NC(=O)[C@H]4CC[C@H](N5CCOCC5=O)CC4)c3n2)on1. The second kappa shape index (κ2) is 11.2. The predicted molar refractivity (Wildman–Crippen MR) is 148 cm³/mol. The molecule has 0 bridgehead atoms. The lowest BCUT2D eigenvalue weighted by Crippen LogP contribution is -2.49. The Morgan fingerprint density at radius 2 is 1.93 bits per heavy atom. The lowest BCUT2D eigenvalue weighted by Gasteiger charge is -2.38. The van der Waals surface area contributed by atoms with Crippen LogP contribution in [0.3, 0.4) is 0 Å². The van der Waals surface area contributed by atoms with Gasteiger partial charge >= 0.3 is 0 Å². The number of fused-ring (bicyclic) bond motifs is 1. The molecule has 1 saturated heterocycles. The van der Waals surface area contributed by atoms with Crippen molar-refractivity contribution in [1.82, 2.24) is 20.0 Å². The molecule has 2 fully saturated rings. The zero-order chi connectivity index (χ0) is 28.5. The number of carbonyl (C=O) groups is 3. The van der Waals surface area contributed by atoms with E-state index in [4.69, 9.17) is 31.0 Å². The zero-order valence-electron chi connectivity index (χ0n) is 21.8. The third kappa shape index (κ3) is 5.58. The van der Waals surface area contributed by atoms with Crippen molar-refractivity contribution in [2.24, 2.45) is 5.92 Å². The molecule has 0 aromatic carbocycles. The van der Waals surface area contributed by atoms with E-state index in [1.165, 1.54) is 12.3 Å². The fourth-order valence-electron chi connectivity index (χ4n) is 5.21. The molecule has 0 radical (unpaired) electrons. The highest BCUT2D eigenvalue weighted by Crippen LogP contribution is 2.35. The van der Waals surface area contributed by atoms with Crippen LogP contribution >= 0.6 is 11.6 Å². The van der Waals surface area contributed by atoms with Crippen molar-refractivity contribution in [1.29, 1.82) is 0 Å². The summed E-state index contributed by atoms with van der Waals surface area (Å²) in [5, 5.41) is 9.67. The largest absolute Gasteiger partial charge is 0.447 e. The fourth-order valence-corrected chi connectivity index (χ4v) is 5.32. The van der Waals surface area contributed by atoms with Crippen LogP contribution in [0.15, 0.2) is 45.5 Å². The van der Waals surface area contributed by atoms with Crippen LogP contribution in [0.2, 0.25) is 5.02 Å². The first-order valence-corrected chi connectivity index (χ1v) is 13.5. The summed E-state index contributed by atoms with van der Waals surface area (Å²) in [5.41, 5.74) is 6.74. The van der Waals surface area contributed by atoms with Gasteiger partial charge in [0.2, 0.25) is 17.6 Å². The quantitative estimate of drug-likeness (QED) is 0.305. The Labute approximate surface area is 238 Å². The highest BCUT2D eigenvalue weighted by atomic mass is 35.5. The van der Waals surface area contributed by atoms with Gasteiger partial charge in [-0.2, -0.15) is 0 Å². The van der Waals surface area contributed by atoms with Crippen molar-refractivity contribution in [2.75, 3.05) is 36.1 Å². The Kier molecular flexibility index (Phi) is 7.28. The third-order valence-electron chi connectivity index (χ3n) is 7.27.